The molecule has 0 bridgehead atoms. The first-order chi connectivity index (χ1) is 20.7. The van der Waals surface area contributed by atoms with Crippen molar-refractivity contribution in [2.24, 2.45) is 14.1 Å². The highest BCUT2D eigenvalue weighted by Gasteiger charge is 2.27. The highest BCUT2D eigenvalue weighted by molar-refractivity contribution is 5.97. The van der Waals surface area contributed by atoms with E-state index in [0.717, 1.165) is 33.2 Å². The number of anilines is 1. The van der Waals surface area contributed by atoms with Gasteiger partial charge in [-0.2, -0.15) is 10.2 Å². The van der Waals surface area contributed by atoms with Gasteiger partial charge in [0.05, 0.1) is 17.4 Å². The number of rotatable bonds is 4. The first-order valence-electron chi connectivity index (χ1n) is 14.1. The average Bonchev–Trinajstić information content (AvgIpc) is 3.46. The minimum atomic E-state index is -0.844. The molecule has 0 aliphatic heterocycles. The van der Waals surface area contributed by atoms with E-state index in [0.29, 0.717) is 22.8 Å². The van der Waals surface area contributed by atoms with Crippen molar-refractivity contribution in [3.05, 3.63) is 59.3 Å². The maximum absolute atomic E-state index is 13.3. The van der Waals surface area contributed by atoms with Gasteiger partial charge < -0.3 is 10.1 Å². The van der Waals surface area contributed by atoms with Gasteiger partial charge in [-0.05, 0) is 77.8 Å². The Morgan fingerprint density at radius 1 is 1.02 bits per heavy atom. The molecule has 0 saturated carbocycles. The molecule has 4 heterocycles. The molecule has 1 N–H and O–H groups in total. The second-order valence-electron chi connectivity index (χ2n) is 11.7. The summed E-state index contributed by atoms with van der Waals surface area (Å²) in [6.07, 6.45) is 1.19. The summed E-state index contributed by atoms with van der Waals surface area (Å²) in [5.74, 6) is 6.72. The third-order valence-electron chi connectivity index (χ3n) is 7.04. The first kappa shape index (κ1) is 30.2. The summed E-state index contributed by atoms with van der Waals surface area (Å²) in [7, 11) is 5.24. The summed E-state index contributed by atoms with van der Waals surface area (Å²) < 4.78 is 8.97. The van der Waals surface area contributed by atoms with Crippen LogP contribution >= 0.6 is 0 Å². The number of aryl methyl sites for hydroxylation is 4. The maximum Gasteiger partial charge on any atom is 0.410 e. The summed E-state index contributed by atoms with van der Waals surface area (Å²) in [5, 5.41) is 12.7. The third kappa shape index (κ3) is 6.22. The summed E-state index contributed by atoms with van der Waals surface area (Å²) in [4.78, 5) is 41.2. The molecule has 44 heavy (non-hydrogen) atoms. The van der Waals surface area contributed by atoms with Crippen LogP contribution in [0.5, 0.6) is 0 Å². The van der Waals surface area contributed by atoms with E-state index < -0.39 is 23.6 Å². The van der Waals surface area contributed by atoms with E-state index in [9.17, 15) is 9.59 Å². The van der Waals surface area contributed by atoms with Gasteiger partial charge in [0.1, 0.15) is 45.7 Å². The lowest BCUT2D eigenvalue weighted by Gasteiger charge is -2.28. The standard InChI is InChI=1S/C32H35N9O3/c1-18-27-29(41(9)38-18)28(35-20(3)34-27)22-15-24(12-10-21-11-13-25-23(14-21)17-33-40(25)8)36-26(16-22)37-30(42)19(2)39(7)31(43)44-32(4,5)6/h11,13-17,19H,1-9H3,(H,36,37,42). The van der Waals surface area contributed by atoms with Crippen molar-refractivity contribution in [2.75, 3.05) is 12.4 Å². The maximum atomic E-state index is 13.3. The van der Waals surface area contributed by atoms with Crippen molar-refractivity contribution in [2.45, 2.75) is 53.2 Å². The Morgan fingerprint density at radius 3 is 2.50 bits per heavy atom. The number of hydrogen-bond donors (Lipinski definition) is 1. The number of aromatic nitrogens is 7. The summed E-state index contributed by atoms with van der Waals surface area (Å²) >= 11 is 0. The quantitative estimate of drug-likeness (QED) is 0.301. The van der Waals surface area contributed by atoms with Crippen LogP contribution in [0.3, 0.4) is 0 Å². The van der Waals surface area contributed by atoms with Crippen LogP contribution in [0, 0.1) is 25.7 Å². The van der Waals surface area contributed by atoms with E-state index >= 15 is 0 Å². The van der Waals surface area contributed by atoms with Crippen LogP contribution in [0.15, 0.2) is 36.5 Å². The SMILES string of the molecule is Cc1nc(-c2cc(C#Cc3ccc4c(cnn4C)c3)nc(NC(=O)C(C)N(C)C(=O)OC(C)(C)C)c2)c2c(n1)c(C)nn2C. The summed E-state index contributed by atoms with van der Waals surface area (Å²) in [6, 6.07) is 8.57. The number of carbonyl (C=O) groups excluding carboxylic acids is 2. The van der Waals surface area contributed by atoms with E-state index in [2.05, 4.69) is 37.3 Å². The van der Waals surface area contributed by atoms with Gasteiger partial charge in [-0.15, -0.1) is 0 Å². The Balaban J connectivity index is 1.55. The topological polar surface area (TPSA) is 133 Å². The second-order valence-corrected chi connectivity index (χ2v) is 11.7. The molecule has 1 unspecified atom stereocenters. The number of fused-ring (bicyclic) bond motifs is 2. The Kier molecular flexibility index (Phi) is 7.82. The molecule has 0 aliphatic carbocycles. The number of amides is 2. The van der Waals surface area contributed by atoms with Crippen LogP contribution in [0.25, 0.3) is 33.2 Å². The fourth-order valence-electron chi connectivity index (χ4n) is 4.72. The molecule has 1 atom stereocenters. The Morgan fingerprint density at radius 2 is 1.77 bits per heavy atom. The van der Waals surface area contributed by atoms with Crippen molar-refractivity contribution in [3.63, 3.8) is 0 Å². The molecule has 5 rings (SSSR count). The molecule has 226 valence electrons. The minimum absolute atomic E-state index is 0.257. The molecule has 12 heteroatoms. The third-order valence-corrected chi connectivity index (χ3v) is 7.04. The second kappa shape index (κ2) is 11.4. The molecule has 0 saturated heterocycles. The van der Waals surface area contributed by atoms with Crippen molar-refractivity contribution >= 4 is 39.8 Å². The first-order valence-corrected chi connectivity index (χ1v) is 14.1. The number of pyridine rings is 1. The Hall–Kier alpha value is -5.31. The molecule has 1 aromatic carbocycles. The predicted octanol–water partition coefficient (Wildman–Crippen LogP) is 4.52. The van der Waals surface area contributed by atoms with E-state index in [4.69, 9.17) is 9.72 Å². The van der Waals surface area contributed by atoms with Gasteiger partial charge in [0.15, 0.2) is 0 Å². The molecular formula is C32H35N9O3. The van der Waals surface area contributed by atoms with Crippen molar-refractivity contribution < 1.29 is 14.3 Å². The van der Waals surface area contributed by atoms with Gasteiger partial charge in [-0.25, -0.2) is 19.7 Å². The van der Waals surface area contributed by atoms with Crippen molar-refractivity contribution in [1.82, 2.24) is 39.4 Å². The molecular weight excluding hydrogens is 558 g/mol. The minimum Gasteiger partial charge on any atom is -0.444 e. The number of hydrogen-bond acceptors (Lipinski definition) is 8. The molecule has 2 amide bonds. The number of likely N-dealkylation sites (N-methyl/N-ethyl adjacent to an activating group) is 1. The van der Waals surface area contributed by atoms with Crippen LogP contribution < -0.4 is 5.32 Å². The lowest BCUT2D eigenvalue weighted by atomic mass is 10.1. The van der Waals surface area contributed by atoms with E-state index in [1.807, 2.05) is 52.2 Å². The monoisotopic (exact) mass is 593 g/mol. The predicted molar refractivity (Wildman–Crippen MR) is 168 cm³/mol. The average molecular weight is 594 g/mol. The molecule has 0 radical (unpaired) electrons. The molecule has 12 nitrogen and oxygen atoms in total. The zero-order valence-corrected chi connectivity index (χ0v) is 26.3. The zero-order valence-electron chi connectivity index (χ0n) is 26.3. The van der Waals surface area contributed by atoms with Crippen LogP contribution in [-0.2, 0) is 23.6 Å². The van der Waals surface area contributed by atoms with E-state index in [-0.39, 0.29) is 5.82 Å². The number of ether oxygens (including phenoxy) is 1. The highest BCUT2D eigenvalue weighted by atomic mass is 16.6. The smallest absolute Gasteiger partial charge is 0.410 e. The van der Waals surface area contributed by atoms with E-state index in [1.54, 1.807) is 49.3 Å². The fourth-order valence-corrected chi connectivity index (χ4v) is 4.72. The van der Waals surface area contributed by atoms with Crippen molar-refractivity contribution in [3.8, 4) is 23.1 Å². The van der Waals surface area contributed by atoms with Gasteiger partial charge >= 0.3 is 6.09 Å². The molecule has 0 aliphatic rings. The normalized spacial score (nSPS) is 12.1. The van der Waals surface area contributed by atoms with Gasteiger partial charge in [0.2, 0.25) is 5.91 Å². The van der Waals surface area contributed by atoms with Gasteiger partial charge in [0.25, 0.3) is 0 Å². The van der Waals surface area contributed by atoms with Gasteiger partial charge in [0, 0.05) is 37.7 Å². The molecule has 5 aromatic rings. The van der Waals surface area contributed by atoms with Crippen LogP contribution in [-0.4, -0.2) is 70.1 Å². The Labute approximate surface area is 255 Å². The number of nitrogens with zero attached hydrogens (tertiary/aromatic N) is 8. The lowest BCUT2D eigenvalue weighted by Crippen LogP contribution is -2.45. The summed E-state index contributed by atoms with van der Waals surface area (Å²) in [5.41, 5.74) is 5.08. The van der Waals surface area contributed by atoms with Gasteiger partial charge in [-0.3, -0.25) is 19.1 Å². The highest BCUT2D eigenvalue weighted by Crippen LogP contribution is 2.29. The largest absolute Gasteiger partial charge is 0.444 e. The van der Waals surface area contributed by atoms with Crippen molar-refractivity contribution in [1.29, 1.82) is 0 Å². The van der Waals surface area contributed by atoms with Crippen LogP contribution in [0.2, 0.25) is 0 Å². The molecule has 0 fully saturated rings. The summed E-state index contributed by atoms with van der Waals surface area (Å²) in [6.45, 7) is 10.6. The number of nitrogens with one attached hydrogen (secondary N) is 1. The zero-order chi connectivity index (χ0) is 31.9. The van der Waals surface area contributed by atoms with Gasteiger partial charge in [-0.1, -0.05) is 5.92 Å². The lowest BCUT2D eigenvalue weighted by molar-refractivity contribution is -0.120. The molecule has 0 spiro atoms. The molecule has 4 aromatic heterocycles. The number of carbonyl (C=O) groups is 2. The Bertz CT molecular complexity index is 1990. The number of benzene rings is 1. The fraction of sp³-hybridized carbons (Fsp3) is 0.344. The van der Waals surface area contributed by atoms with E-state index in [1.165, 1.54) is 11.9 Å². The van der Waals surface area contributed by atoms with Crippen LogP contribution in [0.4, 0.5) is 10.6 Å². The van der Waals surface area contributed by atoms with Crippen LogP contribution in [0.1, 0.15) is 50.5 Å².